The summed E-state index contributed by atoms with van der Waals surface area (Å²) >= 11 is 6.69. The van der Waals surface area contributed by atoms with Crippen LogP contribution in [0.5, 0.6) is 0 Å². The third-order valence-corrected chi connectivity index (χ3v) is 6.92. The minimum atomic E-state index is -0.885. The van der Waals surface area contributed by atoms with Crippen molar-refractivity contribution in [2.75, 3.05) is 18.5 Å². The van der Waals surface area contributed by atoms with E-state index in [9.17, 15) is 14.7 Å². The van der Waals surface area contributed by atoms with E-state index in [1.807, 2.05) is 39.0 Å². The lowest BCUT2D eigenvalue weighted by Crippen LogP contribution is -2.53. The van der Waals surface area contributed by atoms with Gasteiger partial charge in [0, 0.05) is 23.2 Å². The molecule has 6 nitrogen and oxygen atoms in total. The number of hydrogen-bond acceptors (Lipinski definition) is 4. The third kappa shape index (κ3) is 7.97. The lowest BCUT2D eigenvalue weighted by molar-refractivity contribution is 0.0526. The number of anilines is 1. The van der Waals surface area contributed by atoms with Gasteiger partial charge in [0.05, 0.1) is 17.7 Å². The van der Waals surface area contributed by atoms with E-state index < -0.39 is 17.5 Å². The number of rotatable bonds is 10. The maximum atomic E-state index is 13.1. The number of aliphatic hydroxyl groups is 1. The minimum absolute atomic E-state index is 0.0866. The predicted octanol–water partition coefficient (Wildman–Crippen LogP) is 6.80. The van der Waals surface area contributed by atoms with Crippen molar-refractivity contribution in [2.45, 2.75) is 66.8 Å². The SMILES string of the molecule is CCOC(=O)c1ccc(NC(=O)NC(C)(c2ccc(CCC(C)(C)C)c(Cl)c2)C(CO)C(C)C)cc1. The second-order valence-electron chi connectivity index (χ2n) is 11.0. The molecule has 0 aliphatic rings. The normalized spacial score (nSPS) is 14.2. The minimum Gasteiger partial charge on any atom is -0.462 e. The number of aliphatic hydroxyl groups excluding tert-OH is 1. The molecule has 2 rings (SSSR count). The zero-order valence-electron chi connectivity index (χ0n) is 22.6. The second kappa shape index (κ2) is 12.6. The number of urea groups is 1. The summed E-state index contributed by atoms with van der Waals surface area (Å²) in [5, 5.41) is 16.8. The van der Waals surface area contributed by atoms with Gasteiger partial charge in [-0.3, -0.25) is 0 Å². The van der Waals surface area contributed by atoms with Crippen LogP contribution in [-0.2, 0) is 16.7 Å². The molecule has 0 bridgehead atoms. The van der Waals surface area contributed by atoms with Crippen molar-refractivity contribution >= 4 is 29.3 Å². The van der Waals surface area contributed by atoms with Crippen LogP contribution in [0.25, 0.3) is 0 Å². The van der Waals surface area contributed by atoms with Gasteiger partial charge in [0.2, 0.25) is 0 Å². The van der Waals surface area contributed by atoms with E-state index in [2.05, 4.69) is 31.4 Å². The number of benzene rings is 2. The van der Waals surface area contributed by atoms with E-state index >= 15 is 0 Å². The number of aryl methyl sites for hydroxylation is 1. The van der Waals surface area contributed by atoms with Gasteiger partial charge in [0.1, 0.15) is 0 Å². The summed E-state index contributed by atoms with van der Waals surface area (Å²) < 4.78 is 5.00. The van der Waals surface area contributed by atoms with Gasteiger partial charge in [-0.25, -0.2) is 9.59 Å². The second-order valence-corrected chi connectivity index (χ2v) is 11.4. The van der Waals surface area contributed by atoms with Gasteiger partial charge in [-0.2, -0.15) is 0 Å². The summed E-state index contributed by atoms with van der Waals surface area (Å²) in [7, 11) is 0. The Hall–Kier alpha value is -2.57. The Labute approximate surface area is 220 Å². The highest BCUT2D eigenvalue weighted by atomic mass is 35.5. The molecule has 2 atom stereocenters. The fraction of sp³-hybridized carbons (Fsp3) is 0.517. The highest BCUT2D eigenvalue weighted by molar-refractivity contribution is 6.31. The number of carbonyl (C=O) groups excluding carboxylic acids is 2. The summed E-state index contributed by atoms with van der Waals surface area (Å²) in [4.78, 5) is 25.0. The van der Waals surface area contributed by atoms with Crippen molar-refractivity contribution < 1.29 is 19.4 Å². The number of ether oxygens (including phenoxy) is 1. The van der Waals surface area contributed by atoms with Gasteiger partial charge in [0.15, 0.2) is 0 Å². The van der Waals surface area contributed by atoms with E-state index in [0.717, 1.165) is 24.0 Å². The van der Waals surface area contributed by atoms with Crippen molar-refractivity contribution in [1.82, 2.24) is 5.32 Å². The first kappa shape index (κ1) is 29.7. The van der Waals surface area contributed by atoms with Crippen LogP contribution >= 0.6 is 11.6 Å². The zero-order chi connectivity index (χ0) is 27.1. The van der Waals surface area contributed by atoms with E-state index in [4.69, 9.17) is 16.3 Å². The Kier molecular flexibility index (Phi) is 10.4. The molecule has 0 saturated carbocycles. The van der Waals surface area contributed by atoms with Gasteiger partial charge in [-0.15, -0.1) is 0 Å². The summed E-state index contributed by atoms with van der Waals surface area (Å²) in [6.45, 7) is 14.5. The van der Waals surface area contributed by atoms with Gasteiger partial charge >= 0.3 is 12.0 Å². The van der Waals surface area contributed by atoms with Crippen LogP contribution in [0.15, 0.2) is 42.5 Å². The van der Waals surface area contributed by atoms with Crippen LogP contribution in [0.4, 0.5) is 10.5 Å². The molecule has 0 radical (unpaired) electrons. The fourth-order valence-electron chi connectivity index (χ4n) is 4.32. The molecule has 2 aromatic carbocycles. The summed E-state index contributed by atoms with van der Waals surface area (Å²) in [5.74, 6) is -0.582. The molecule has 36 heavy (non-hydrogen) atoms. The average Bonchev–Trinajstić information content (AvgIpc) is 2.78. The molecule has 0 saturated heterocycles. The van der Waals surface area contributed by atoms with Gasteiger partial charge < -0.3 is 20.5 Å². The maximum absolute atomic E-state index is 13.1. The molecule has 0 aliphatic carbocycles. The molecule has 2 amide bonds. The van der Waals surface area contributed by atoms with Crippen molar-refractivity contribution in [3.63, 3.8) is 0 Å². The number of halogens is 1. The molecule has 198 valence electrons. The Morgan fingerprint density at radius 1 is 1.06 bits per heavy atom. The number of hydrogen-bond donors (Lipinski definition) is 3. The van der Waals surface area contributed by atoms with E-state index in [1.165, 1.54) is 0 Å². The molecular formula is C29H41ClN2O4. The topological polar surface area (TPSA) is 87.7 Å². The Morgan fingerprint density at radius 3 is 2.19 bits per heavy atom. The van der Waals surface area contributed by atoms with Gasteiger partial charge in [0.25, 0.3) is 0 Å². The largest absolute Gasteiger partial charge is 0.462 e. The zero-order valence-corrected chi connectivity index (χ0v) is 23.3. The Balaban J connectivity index is 2.29. The fourth-order valence-corrected chi connectivity index (χ4v) is 4.60. The average molecular weight is 517 g/mol. The first-order valence-corrected chi connectivity index (χ1v) is 12.9. The molecule has 7 heteroatoms. The number of amides is 2. The summed E-state index contributed by atoms with van der Waals surface area (Å²) in [6, 6.07) is 12.0. The highest BCUT2D eigenvalue weighted by Crippen LogP contribution is 2.37. The quantitative estimate of drug-likeness (QED) is 0.303. The molecule has 2 aromatic rings. The lowest BCUT2D eigenvalue weighted by Gasteiger charge is -2.40. The predicted molar refractivity (Wildman–Crippen MR) is 147 cm³/mol. The third-order valence-electron chi connectivity index (χ3n) is 6.57. The summed E-state index contributed by atoms with van der Waals surface area (Å²) in [6.07, 6.45) is 1.87. The van der Waals surface area contributed by atoms with E-state index in [1.54, 1.807) is 31.2 Å². The monoisotopic (exact) mass is 516 g/mol. The van der Waals surface area contributed by atoms with E-state index in [-0.39, 0.29) is 23.9 Å². The van der Waals surface area contributed by atoms with Crippen LogP contribution in [0.3, 0.4) is 0 Å². The number of nitrogens with one attached hydrogen (secondary N) is 2. The van der Waals surface area contributed by atoms with Crippen molar-refractivity contribution in [1.29, 1.82) is 0 Å². The van der Waals surface area contributed by atoms with Crippen LogP contribution in [-0.4, -0.2) is 30.3 Å². The molecule has 0 aliphatic heterocycles. The molecule has 0 aromatic heterocycles. The Morgan fingerprint density at radius 2 is 1.69 bits per heavy atom. The standard InChI is InChI=1S/C29H41ClN2O4/c1-8-36-26(34)21-10-13-23(14-11-21)31-27(35)32-29(7,24(18-33)19(2)3)22-12-9-20(25(30)17-22)15-16-28(4,5)6/h9-14,17,19,24,33H,8,15-16,18H2,1-7H3,(H2,31,32,35). The molecule has 3 N–H and O–H groups in total. The van der Waals surface area contributed by atoms with Gasteiger partial charge in [-0.1, -0.05) is 58.4 Å². The molecule has 0 heterocycles. The van der Waals surface area contributed by atoms with Crippen LogP contribution in [0.1, 0.15) is 76.4 Å². The Bertz CT molecular complexity index is 1030. The van der Waals surface area contributed by atoms with Crippen molar-refractivity contribution in [3.05, 3.63) is 64.2 Å². The molecule has 0 fully saturated rings. The van der Waals surface area contributed by atoms with E-state index in [0.29, 0.717) is 22.9 Å². The first-order valence-electron chi connectivity index (χ1n) is 12.6. The van der Waals surface area contributed by atoms with Crippen LogP contribution < -0.4 is 10.6 Å². The molecule has 0 spiro atoms. The van der Waals surface area contributed by atoms with Crippen LogP contribution in [0, 0.1) is 17.3 Å². The first-order chi connectivity index (χ1) is 16.8. The van der Waals surface area contributed by atoms with Crippen molar-refractivity contribution in [3.8, 4) is 0 Å². The maximum Gasteiger partial charge on any atom is 0.338 e. The smallest absolute Gasteiger partial charge is 0.338 e. The van der Waals surface area contributed by atoms with Crippen molar-refractivity contribution in [2.24, 2.45) is 17.3 Å². The lowest BCUT2D eigenvalue weighted by atomic mass is 9.74. The van der Waals surface area contributed by atoms with Crippen LogP contribution in [0.2, 0.25) is 5.02 Å². The molecule has 2 unspecified atom stereocenters. The van der Waals surface area contributed by atoms with Gasteiger partial charge in [-0.05, 0) is 79.5 Å². The number of carbonyl (C=O) groups is 2. The number of esters is 1. The summed E-state index contributed by atoms with van der Waals surface area (Å²) in [5.41, 5.74) is 2.15. The molecular weight excluding hydrogens is 476 g/mol. The highest BCUT2D eigenvalue weighted by Gasteiger charge is 2.39.